The Hall–Kier alpha value is -3.59. The number of fused-ring (bicyclic) bond motifs is 1. The van der Waals surface area contributed by atoms with Crippen LogP contribution in [0.4, 0.5) is 10.1 Å². The maximum absolute atomic E-state index is 14.9. The van der Waals surface area contributed by atoms with Gasteiger partial charge in [0, 0.05) is 18.1 Å². The lowest BCUT2D eigenvalue weighted by molar-refractivity contribution is -0.143. The number of hydrogen-bond donors (Lipinski definition) is 2. The fraction of sp³-hybridized carbons (Fsp3) is 0.227. The molecule has 1 aromatic heterocycles. The van der Waals surface area contributed by atoms with Crippen LogP contribution in [0.1, 0.15) is 28.9 Å². The molecule has 0 spiro atoms. The van der Waals surface area contributed by atoms with Gasteiger partial charge >= 0.3 is 5.97 Å². The number of aryl methyl sites for hydroxylation is 1. The maximum Gasteiger partial charge on any atom is 0.341 e. The van der Waals surface area contributed by atoms with Crippen molar-refractivity contribution in [2.75, 3.05) is 12.5 Å². The van der Waals surface area contributed by atoms with Gasteiger partial charge in [0.05, 0.1) is 18.3 Å². The minimum atomic E-state index is -1.39. The van der Waals surface area contributed by atoms with E-state index in [0.717, 1.165) is 11.6 Å². The van der Waals surface area contributed by atoms with Crippen LogP contribution in [-0.2, 0) is 11.3 Å². The van der Waals surface area contributed by atoms with Crippen LogP contribution in [-0.4, -0.2) is 39.0 Å². The molecule has 1 aliphatic heterocycles. The molecule has 0 saturated carbocycles. The summed E-state index contributed by atoms with van der Waals surface area (Å²) in [6.45, 7) is 2.12. The molecule has 0 aliphatic carbocycles. The zero-order valence-electron chi connectivity index (χ0n) is 17.1. The Labute approximate surface area is 186 Å². The molecule has 10 heteroatoms. The van der Waals surface area contributed by atoms with Crippen LogP contribution < -0.4 is 15.6 Å². The van der Waals surface area contributed by atoms with Gasteiger partial charge < -0.3 is 14.4 Å². The van der Waals surface area contributed by atoms with Gasteiger partial charge in [-0.05, 0) is 36.8 Å². The molecule has 0 bridgehead atoms. The number of rotatable bonds is 6. The third-order valence-electron chi connectivity index (χ3n) is 5.47. The number of hydrogen-bond acceptors (Lipinski definition) is 5. The number of carbonyl (C=O) groups excluding carboxylic acids is 1. The number of pyridine rings is 1. The average Bonchev–Trinajstić information content (AvgIpc) is 2.79. The SMILES string of the molecule is CCn1cc(C(=O)O)c(=O)c2cc(F)c(NN3C(=O)[C@H](Cl)[C@@H]3c3ccc(OC)cc3)cc21. The Morgan fingerprint density at radius 1 is 1.25 bits per heavy atom. The van der Waals surface area contributed by atoms with E-state index in [0.29, 0.717) is 17.8 Å². The van der Waals surface area contributed by atoms with Crippen LogP contribution in [0, 0.1) is 5.82 Å². The number of benzene rings is 2. The fourth-order valence-electron chi connectivity index (χ4n) is 3.74. The summed E-state index contributed by atoms with van der Waals surface area (Å²) in [4.78, 5) is 36.3. The number of β-lactam (4-membered cyclic amide) rings is 1. The van der Waals surface area contributed by atoms with Gasteiger partial charge in [-0.1, -0.05) is 12.1 Å². The summed E-state index contributed by atoms with van der Waals surface area (Å²) in [5.74, 6) is -1.98. The number of aromatic nitrogens is 1. The lowest BCUT2D eigenvalue weighted by Gasteiger charge is -2.44. The molecule has 2 atom stereocenters. The molecule has 1 fully saturated rings. The second-order valence-corrected chi connectivity index (χ2v) is 7.72. The summed E-state index contributed by atoms with van der Waals surface area (Å²) in [5, 5.41) is 9.60. The molecular formula is C22H19ClFN3O5. The number of carboxylic acids is 1. The van der Waals surface area contributed by atoms with Crippen molar-refractivity contribution in [2.24, 2.45) is 0 Å². The van der Waals surface area contributed by atoms with E-state index in [1.807, 2.05) is 0 Å². The molecule has 32 heavy (non-hydrogen) atoms. The summed E-state index contributed by atoms with van der Waals surface area (Å²) >= 11 is 6.23. The number of alkyl halides is 1. The zero-order chi connectivity index (χ0) is 23.2. The summed E-state index contributed by atoms with van der Waals surface area (Å²) < 4.78 is 21.6. The molecule has 2 N–H and O–H groups in total. The predicted molar refractivity (Wildman–Crippen MR) is 117 cm³/mol. The number of halogens is 2. The third-order valence-corrected chi connectivity index (χ3v) is 5.89. The first-order valence-corrected chi connectivity index (χ1v) is 10.2. The van der Waals surface area contributed by atoms with Gasteiger partial charge in [-0.2, -0.15) is 0 Å². The lowest BCUT2D eigenvalue weighted by Crippen LogP contribution is -2.58. The summed E-state index contributed by atoms with van der Waals surface area (Å²) in [7, 11) is 1.54. The minimum absolute atomic E-state index is 0.0439. The van der Waals surface area contributed by atoms with Crippen molar-refractivity contribution < 1.29 is 23.8 Å². The molecule has 166 valence electrons. The van der Waals surface area contributed by atoms with Gasteiger partial charge in [-0.25, -0.2) is 14.2 Å². The first-order chi connectivity index (χ1) is 15.3. The minimum Gasteiger partial charge on any atom is -0.497 e. The molecule has 1 aliphatic rings. The third kappa shape index (κ3) is 3.44. The first-order valence-electron chi connectivity index (χ1n) is 9.74. The number of nitrogens with zero attached hydrogens (tertiary/aromatic N) is 2. The average molecular weight is 460 g/mol. The van der Waals surface area contributed by atoms with Crippen molar-refractivity contribution in [1.29, 1.82) is 0 Å². The number of aromatic carboxylic acids is 1. The fourth-order valence-corrected chi connectivity index (χ4v) is 4.10. The highest BCUT2D eigenvalue weighted by Gasteiger charge is 2.48. The van der Waals surface area contributed by atoms with Crippen LogP contribution in [0.25, 0.3) is 10.9 Å². The molecule has 2 heterocycles. The highest BCUT2D eigenvalue weighted by molar-refractivity contribution is 6.33. The Bertz CT molecular complexity index is 1290. The van der Waals surface area contributed by atoms with E-state index >= 15 is 0 Å². The first kappa shape index (κ1) is 21.6. The smallest absolute Gasteiger partial charge is 0.341 e. The molecule has 1 saturated heterocycles. The standard InChI is InChI=1S/C22H19ClFN3O5/c1-3-26-10-14(22(30)31)20(28)13-8-15(24)16(9-17(13)26)25-27-19(18(23)21(27)29)11-4-6-12(32-2)7-5-11/h4-10,18-19,25H,3H2,1-2H3,(H,30,31)/t18-,19+/m1/s1. The van der Waals surface area contributed by atoms with Crippen LogP contribution in [0.15, 0.2) is 47.4 Å². The molecule has 4 rings (SSSR count). The van der Waals surface area contributed by atoms with Gasteiger partial charge in [0.25, 0.3) is 5.91 Å². The van der Waals surface area contributed by atoms with Crippen LogP contribution in [0.5, 0.6) is 5.75 Å². The van der Waals surface area contributed by atoms with Crippen molar-refractivity contribution >= 4 is 40.1 Å². The van der Waals surface area contributed by atoms with E-state index in [-0.39, 0.29) is 11.1 Å². The van der Waals surface area contributed by atoms with E-state index in [2.05, 4.69) is 5.43 Å². The quantitative estimate of drug-likeness (QED) is 0.433. The number of ether oxygens (including phenoxy) is 1. The number of hydrazine groups is 1. The van der Waals surface area contributed by atoms with E-state index in [1.165, 1.54) is 28.9 Å². The van der Waals surface area contributed by atoms with Gasteiger partial charge in [-0.3, -0.25) is 15.0 Å². The second kappa shape index (κ2) is 8.16. The normalized spacial score (nSPS) is 17.9. The summed E-state index contributed by atoms with van der Waals surface area (Å²) in [6.07, 6.45) is 1.22. The highest BCUT2D eigenvalue weighted by atomic mass is 35.5. The lowest BCUT2D eigenvalue weighted by atomic mass is 9.95. The predicted octanol–water partition coefficient (Wildman–Crippen LogP) is 3.39. The Kier molecular flexibility index (Phi) is 5.52. The Morgan fingerprint density at radius 3 is 2.53 bits per heavy atom. The van der Waals surface area contributed by atoms with Crippen molar-refractivity contribution in [3.05, 3.63) is 69.8 Å². The summed E-state index contributed by atoms with van der Waals surface area (Å²) in [6, 6.07) is 8.79. The monoisotopic (exact) mass is 459 g/mol. The second-order valence-electron chi connectivity index (χ2n) is 7.25. The zero-order valence-corrected chi connectivity index (χ0v) is 17.9. The topological polar surface area (TPSA) is 101 Å². The van der Waals surface area contributed by atoms with Crippen molar-refractivity contribution in [3.8, 4) is 5.75 Å². The van der Waals surface area contributed by atoms with Crippen LogP contribution in [0.2, 0.25) is 0 Å². The number of carbonyl (C=O) groups is 2. The molecule has 8 nitrogen and oxygen atoms in total. The van der Waals surface area contributed by atoms with Gasteiger partial charge in [-0.15, -0.1) is 11.6 Å². The Morgan fingerprint density at radius 2 is 1.94 bits per heavy atom. The number of nitrogens with one attached hydrogen (secondary N) is 1. The van der Waals surface area contributed by atoms with E-state index in [1.54, 1.807) is 31.2 Å². The largest absolute Gasteiger partial charge is 0.497 e. The van der Waals surface area contributed by atoms with E-state index in [4.69, 9.17) is 16.3 Å². The number of amides is 1. The van der Waals surface area contributed by atoms with Gasteiger partial charge in [0.15, 0.2) is 0 Å². The van der Waals surface area contributed by atoms with Crippen molar-refractivity contribution in [3.63, 3.8) is 0 Å². The maximum atomic E-state index is 14.9. The van der Waals surface area contributed by atoms with Crippen molar-refractivity contribution in [1.82, 2.24) is 9.58 Å². The van der Waals surface area contributed by atoms with Gasteiger partial charge in [0.1, 0.15) is 28.5 Å². The molecule has 1 amide bonds. The highest BCUT2D eigenvalue weighted by Crippen LogP contribution is 2.39. The molecule has 0 unspecified atom stereocenters. The Balaban J connectivity index is 1.73. The van der Waals surface area contributed by atoms with Crippen molar-refractivity contribution in [2.45, 2.75) is 24.9 Å². The van der Waals surface area contributed by atoms with E-state index in [9.17, 15) is 23.9 Å². The molecule has 3 aromatic rings. The van der Waals surface area contributed by atoms with E-state index < -0.39 is 40.1 Å². The summed E-state index contributed by atoms with van der Waals surface area (Å²) in [5.41, 5.74) is 2.57. The molecular weight excluding hydrogens is 441 g/mol. The van der Waals surface area contributed by atoms with Crippen LogP contribution >= 0.6 is 11.6 Å². The van der Waals surface area contributed by atoms with Gasteiger partial charge in [0.2, 0.25) is 5.43 Å². The number of methoxy groups -OCH3 is 1. The number of carboxylic acid groups (broad SMARTS) is 1. The molecule has 0 radical (unpaired) electrons. The molecule has 2 aromatic carbocycles. The number of anilines is 1. The van der Waals surface area contributed by atoms with Crippen LogP contribution in [0.3, 0.4) is 0 Å².